The standard InChI is InChI=1S/C14H21N3O.ClH/c1-10-6-7-12(9-16-10)17-14(18)8-11-4-2-3-5-13(11)15;/h6-7,9,11,13H,2-5,8,15H2,1H3,(H,17,18);1H. The van der Waals surface area contributed by atoms with Crippen molar-refractivity contribution in [2.75, 3.05) is 5.32 Å². The minimum Gasteiger partial charge on any atom is -0.327 e. The van der Waals surface area contributed by atoms with Gasteiger partial charge in [-0.1, -0.05) is 12.8 Å². The molecule has 1 aromatic heterocycles. The lowest BCUT2D eigenvalue weighted by Gasteiger charge is -2.27. The lowest BCUT2D eigenvalue weighted by molar-refractivity contribution is -0.117. The lowest BCUT2D eigenvalue weighted by atomic mass is 9.83. The summed E-state index contributed by atoms with van der Waals surface area (Å²) in [5, 5.41) is 2.88. The van der Waals surface area contributed by atoms with E-state index in [0.717, 1.165) is 24.2 Å². The first kappa shape index (κ1) is 15.9. The second-order valence-electron chi connectivity index (χ2n) is 5.15. The summed E-state index contributed by atoms with van der Waals surface area (Å²) in [6, 6.07) is 3.95. The first-order valence-corrected chi connectivity index (χ1v) is 6.63. The van der Waals surface area contributed by atoms with Crippen LogP contribution in [0.5, 0.6) is 0 Å². The number of nitrogens with zero attached hydrogens (tertiary/aromatic N) is 1. The van der Waals surface area contributed by atoms with E-state index in [4.69, 9.17) is 5.73 Å². The third-order valence-corrected chi connectivity index (χ3v) is 3.61. The molecule has 0 aromatic carbocycles. The van der Waals surface area contributed by atoms with Crippen LogP contribution in [0.1, 0.15) is 37.8 Å². The molecule has 3 N–H and O–H groups in total. The predicted octanol–water partition coefficient (Wildman–Crippen LogP) is 2.66. The molecule has 1 saturated carbocycles. The topological polar surface area (TPSA) is 68.0 Å². The Kier molecular flexibility index (Phi) is 6.25. The largest absolute Gasteiger partial charge is 0.327 e. The zero-order chi connectivity index (χ0) is 13.0. The van der Waals surface area contributed by atoms with Gasteiger partial charge >= 0.3 is 0 Å². The van der Waals surface area contributed by atoms with E-state index >= 15 is 0 Å². The van der Waals surface area contributed by atoms with Crippen LogP contribution in [0.4, 0.5) is 5.69 Å². The minimum atomic E-state index is 0. The number of hydrogen-bond donors (Lipinski definition) is 2. The van der Waals surface area contributed by atoms with Crippen molar-refractivity contribution < 1.29 is 4.79 Å². The Morgan fingerprint density at radius 3 is 2.79 bits per heavy atom. The van der Waals surface area contributed by atoms with Crippen molar-refractivity contribution in [1.82, 2.24) is 4.98 Å². The Labute approximate surface area is 120 Å². The van der Waals surface area contributed by atoms with Crippen molar-refractivity contribution in [2.45, 2.75) is 45.1 Å². The van der Waals surface area contributed by atoms with Gasteiger partial charge in [0.25, 0.3) is 0 Å². The van der Waals surface area contributed by atoms with Gasteiger partial charge in [0.15, 0.2) is 0 Å². The van der Waals surface area contributed by atoms with E-state index in [9.17, 15) is 4.79 Å². The van der Waals surface area contributed by atoms with Crippen molar-refractivity contribution in [3.05, 3.63) is 24.0 Å². The van der Waals surface area contributed by atoms with E-state index < -0.39 is 0 Å². The molecule has 1 aliphatic carbocycles. The molecule has 0 spiro atoms. The Balaban J connectivity index is 0.00000180. The van der Waals surface area contributed by atoms with Gasteiger partial charge in [-0.3, -0.25) is 9.78 Å². The summed E-state index contributed by atoms with van der Waals surface area (Å²) in [6.45, 7) is 1.92. The van der Waals surface area contributed by atoms with Gasteiger partial charge in [-0.2, -0.15) is 0 Å². The molecule has 1 fully saturated rings. The van der Waals surface area contributed by atoms with Crippen LogP contribution in [-0.2, 0) is 4.79 Å². The van der Waals surface area contributed by atoms with Crippen molar-refractivity contribution in [3.63, 3.8) is 0 Å². The number of nitrogens with two attached hydrogens (primary N) is 1. The van der Waals surface area contributed by atoms with Gasteiger partial charge in [-0.05, 0) is 37.8 Å². The van der Waals surface area contributed by atoms with E-state index in [1.54, 1.807) is 6.20 Å². The average molecular weight is 284 g/mol. The van der Waals surface area contributed by atoms with Crippen molar-refractivity contribution in [1.29, 1.82) is 0 Å². The predicted molar refractivity (Wildman–Crippen MR) is 79.4 cm³/mol. The molecular weight excluding hydrogens is 262 g/mol. The number of amides is 1. The Hall–Kier alpha value is -1.13. The van der Waals surface area contributed by atoms with E-state index in [1.165, 1.54) is 12.8 Å². The molecule has 2 rings (SSSR count). The van der Waals surface area contributed by atoms with Crippen LogP contribution in [-0.4, -0.2) is 16.9 Å². The molecule has 0 bridgehead atoms. The summed E-state index contributed by atoms with van der Waals surface area (Å²) in [4.78, 5) is 16.1. The number of anilines is 1. The minimum absolute atomic E-state index is 0. The highest BCUT2D eigenvalue weighted by Crippen LogP contribution is 2.25. The quantitative estimate of drug-likeness (QED) is 0.896. The van der Waals surface area contributed by atoms with Crippen LogP contribution in [0.15, 0.2) is 18.3 Å². The lowest BCUT2D eigenvalue weighted by Crippen LogP contribution is -2.35. The number of aromatic nitrogens is 1. The molecule has 0 saturated heterocycles. The monoisotopic (exact) mass is 283 g/mol. The third kappa shape index (κ3) is 4.80. The summed E-state index contributed by atoms with van der Waals surface area (Å²) >= 11 is 0. The van der Waals surface area contributed by atoms with Crippen LogP contribution in [0.25, 0.3) is 0 Å². The molecular formula is C14H22ClN3O. The van der Waals surface area contributed by atoms with E-state index in [0.29, 0.717) is 12.3 Å². The molecule has 1 aliphatic rings. The van der Waals surface area contributed by atoms with Gasteiger partial charge in [0.05, 0.1) is 11.9 Å². The smallest absolute Gasteiger partial charge is 0.224 e. The molecule has 1 amide bonds. The van der Waals surface area contributed by atoms with Crippen LogP contribution >= 0.6 is 12.4 Å². The van der Waals surface area contributed by atoms with E-state index in [-0.39, 0.29) is 24.4 Å². The third-order valence-electron chi connectivity index (χ3n) is 3.61. The number of carbonyl (C=O) groups is 1. The maximum Gasteiger partial charge on any atom is 0.224 e. The number of rotatable bonds is 3. The first-order valence-electron chi connectivity index (χ1n) is 6.63. The van der Waals surface area contributed by atoms with E-state index in [2.05, 4.69) is 10.3 Å². The molecule has 2 unspecified atom stereocenters. The average Bonchev–Trinajstić information content (AvgIpc) is 2.35. The summed E-state index contributed by atoms with van der Waals surface area (Å²) < 4.78 is 0. The zero-order valence-corrected chi connectivity index (χ0v) is 12.1. The van der Waals surface area contributed by atoms with Crippen LogP contribution in [0, 0.1) is 12.8 Å². The van der Waals surface area contributed by atoms with Crippen LogP contribution in [0.2, 0.25) is 0 Å². The number of carbonyl (C=O) groups excluding carboxylic acids is 1. The number of aryl methyl sites for hydroxylation is 1. The highest BCUT2D eigenvalue weighted by Gasteiger charge is 2.24. The second kappa shape index (κ2) is 7.46. The summed E-state index contributed by atoms with van der Waals surface area (Å²) in [5.74, 6) is 0.375. The van der Waals surface area contributed by atoms with Gasteiger partial charge in [0.1, 0.15) is 0 Å². The molecule has 0 radical (unpaired) electrons. The molecule has 5 heteroatoms. The Morgan fingerprint density at radius 2 is 2.16 bits per heavy atom. The Morgan fingerprint density at radius 1 is 1.42 bits per heavy atom. The number of pyridine rings is 1. The fourth-order valence-corrected chi connectivity index (χ4v) is 2.48. The maximum absolute atomic E-state index is 11.9. The van der Waals surface area contributed by atoms with Crippen LogP contribution < -0.4 is 11.1 Å². The normalized spacial score (nSPS) is 22.4. The van der Waals surface area contributed by atoms with Gasteiger partial charge in [0, 0.05) is 18.2 Å². The molecule has 19 heavy (non-hydrogen) atoms. The first-order chi connectivity index (χ1) is 8.65. The second-order valence-corrected chi connectivity index (χ2v) is 5.15. The van der Waals surface area contributed by atoms with Crippen molar-refractivity contribution in [3.8, 4) is 0 Å². The Bertz CT molecular complexity index is 408. The number of halogens is 1. The number of nitrogens with one attached hydrogen (secondary N) is 1. The van der Waals surface area contributed by atoms with Gasteiger partial charge in [0.2, 0.25) is 5.91 Å². The highest BCUT2D eigenvalue weighted by molar-refractivity contribution is 5.90. The highest BCUT2D eigenvalue weighted by atomic mass is 35.5. The van der Waals surface area contributed by atoms with E-state index in [1.807, 2.05) is 19.1 Å². The fraction of sp³-hybridized carbons (Fsp3) is 0.571. The zero-order valence-electron chi connectivity index (χ0n) is 11.3. The fourth-order valence-electron chi connectivity index (χ4n) is 2.48. The summed E-state index contributed by atoms with van der Waals surface area (Å²) in [5.41, 5.74) is 7.75. The molecule has 106 valence electrons. The van der Waals surface area contributed by atoms with Gasteiger partial charge < -0.3 is 11.1 Å². The molecule has 2 atom stereocenters. The van der Waals surface area contributed by atoms with Crippen molar-refractivity contribution >= 4 is 24.0 Å². The van der Waals surface area contributed by atoms with Crippen molar-refractivity contribution in [2.24, 2.45) is 11.7 Å². The van der Waals surface area contributed by atoms with Gasteiger partial charge in [-0.25, -0.2) is 0 Å². The number of hydrogen-bond acceptors (Lipinski definition) is 3. The molecule has 0 aliphatic heterocycles. The maximum atomic E-state index is 11.9. The molecule has 4 nitrogen and oxygen atoms in total. The summed E-state index contributed by atoms with van der Waals surface area (Å²) in [7, 11) is 0. The van der Waals surface area contributed by atoms with Gasteiger partial charge in [-0.15, -0.1) is 12.4 Å². The molecule has 1 aromatic rings. The SMILES string of the molecule is Cc1ccc(NC(=O)CC2CCCCC2N)cn1.Cl. The van der Waals surface area contributed by atoms with Crippen LogP contribution in [0.3, 0.4) is 0 Å². The molecule has 1 heterocycles. The summed E-state index contributed by atoms with van der Waals surface area (Å²) in [6.07, 6.45) is 6.72.